The van der Waals surface area contributed by atoms with Crippen molar-refractivity contribution in [2.75, 3.05) is 0 Å². The highest BCUT2D eigenvalue weighted by atomic mass is 32.1. The van der Waals surface area contributed by atoms with Crippen molar-refractivity contribution in [3.63, 3.8) is 0 Å². The third kappa shape index (κ3) is 1.74. The van der Waals surface area contributed by atoms with Crippen LogP contribution in [0.25, 0.3) is 0 Å². The molecule has 0 saturated heterocycles. The first-order valence-electron chi connectivity index (χ1n) is 3.11. The number of benzene rings is 1. The molecule has 1 aromatic rings. The quantitative estimate of drug-likeness (QED) is 0.625. The van der Waals surface area contributed by atoms with E-state index in [1.807, 2.05) is 12.1 Å². The first kappa shape index (κ1) is 7.61. The summed E-state index contributed by atoms with van der Waals surface area (Å²) in [5, 5.41) is 0. The van der Waals surface area contributed by atoms with Crippen molar-refractivity contribution in [2.24, 2.45) is 0 Å². The lowest BCUT2D eigenvalue weighted by atomic mass is 10.2. The topological polar surface area (TPSA) is 0 Å². The van der Waals surface area contributed by atoms with Crippen molar-refractivity contribution in [1.29, 1.82) is 0 Å². The maximum atomic E-state index is 11.9. The lowest BCUT2D eigenvalue weighted by Crippen LogP contribution is -1.80. The van der Waals surface area contributed by atoms with Gasteiger partial charge in [-0.2, -0.15) is 12.6 Å². The molecule has 0 bridgehead atoms. The van der Waals surface area contributed by atoms with E-state index in [0.29, 0.717) is 5.75 Å². The Morgan fingerprint density at radius 1 is 1.10 bits per heavy atom. The summed E-state index contributed by atoms with van der Waals surface area (Å²) < 4.78 is 11.9. The Kier molecular flexibility index (Phi) is 2.75. The van der Waals surface area contributed by atoms with E-state index >= 15 is 0 Å². The Hall–Kier alpha value is -0.500. The van der Waals surface area contributed by atoms with E-state index in [2.05, 4.69) is 12.6 Å². The van der Waals surface area contributed by atoms with Crippen molar-refractivity contribution >= 4 is 12.6 Å². The van der Waals surface area contributed by atoms with Crippen molar-refractivity contribution in [3.8, 4) is 0 Å². The highest BCUT2D eigenvalue weighted by Gasteiger charge is 1.90. The molecule has 2 heteroatoms. The largest absolute Gasteiger partial charge is 0.246 e. The molecule has 54 valence electrons. The lowest BCUT2D eigenvalue weighted by Gasteiger charge is -1.95. The molecule has 0 aliphatic rings. The minimum atomic E-state index is -0.382. The SMILES string of the molecule is FCc1ccc(CS)cc1. The Bertz CT molecular complexity index is 170. The molecule has 0 unspecified atom stereocenters. The average molecular weight is 156 g/mol. The normalized spacial score (nSPS) is 9.80. The van der Waals surface area contributed by atoms with E-state index in [0.717, 1.165) is 11.1 Å². The van der Waals surface area contributed by atoms with E-state index in [-0.39, 0.29) is 6.67 Å². The molecule has 1 aromatic carbocycles. The van der Waals surface area contributed by atoms with Crippen molar-refractivity contribution in [2.45, 2.75) is 12.4 Å². The maximum Gasteiger partial charge on any atom is 0.115 e. The fourth-order valence-electron chi connectivity index (χ4n) is 0.734. The van der Waals surface area contributed by atoms with Crippen LogP contribution >= 0.6 is 12.6 Å². The number of hydrogen-bond donors (Lipinski definition) is 1. The van der Waals surface area contributed by atoms with Gasteiger partial charge in [0.15, 0.2) is 0 Å². The second-order valence-electron chi connectivity index (χ2n) is 2.11. The molecule has 0 amide bonds. The summed E-state index contributed by atoms with van der Waals surface area (Å²) in [6.45, 7) is -0.382. The van der Waals surface area contributed by atoms with Crippen LogP contribution in [-0.4, -0.2) is 0 Å². The average Bonchev–Trinajstić information content (AvgIpc) is 2.05. The first-order valence-corrected chi connectivity index (χ1v) is 3.74. The fourth-order valence-corrected chi connectivity index (χ4v) is 0.945. The maximum absolute atomic E-state index is 11.9. The number of hydrogen-bond acceptors (Lipinski definition) is 1. The van der Waals surface area contributed by atoms with Crippen LogP contribution in [0.1, 0.15) is 11.1 Å². The molecule has 0 radical (unpaired) electrons. The van der Waals surface area contributed by atoms with E-state index in [1.165, 1.54) is 0 Å². The third-order valence-corrected chi connectivity index (χ3v) is 1.72. The number of halogens is 1. The number of alkyl halides is 1. The molecule has 0 aliphatic carbocycles. The molecule has 0 aliphatic heterocycles. The van der Waals surface area contributed by atoms with Crippen LogP contribution in [0, 0.1) is 0 Å². The van der Waals surface area contributed by atoms with Gasteiger partial charge in [-0.25, -0.2) is 4.39 Å². The van der Waals surface area contributed by atoms with Gasteiger partial charge >= 0.3 is 0 Å². The third-order valence-electron chi connectivity index (χ3n) is 1.36. The summed E-state index contributed by atoms with van der Waals surface area (Å²) in [4.78, 5) is 0. The Morgan fingerprint density at radius 2 is 1.60 bits per heavy atom. The molecule has 0 atom stereocenters. The number of rotatable bonds is 2. The summed E-state index contributed by atoms with van der Waals surface area (Å²) in [7, 11) is 0. The lowest BCUT2D eigenvalue weighted by molar-refractivity contribution is 0.485. The molecule has 10 heavy (non-hydrogen) atoms. The zero-order valence-electron chi connectivity index (χ0n) is 5.55. The van der Waals surface area contributed by atoms with Gasteiger partial charge in [-0.1, -0.05) is 24.3 Å². The summed E-state index contributed by atoms with van der Waals surface area (Å²) in [5.74, 6) is 0.715. The molecule has 0 N–H and O–H groups in total. The molecule has 0 heterocycles. The van der Waals surface area contributed by atoms with Gasteiger partial charge in [0.05, 0.1) is 0 Å². The van der Waals surface area contributed by atoms with Gasteiger partial charge in [0.1, 0.15) is 6.67 Å². The van der Waals surface area contributed by atoms with Crippen LogP contribution in [0.5, 0.6) is 0 Å². The molecule has 0 saturated carbocycles. The van der Waals surface area contributed by atoms with Gasteiger partial charge in [-0.05, 0) is 11.1 Å². The van der Waals surface area contributed by atoms with Gasteiger partial charge < -0.3 is 0 Å². The standard InChI is InChI=1S/C8H9FS/c9-5-7-1-3-8(6-10)4-2-7/h1-4,10H,5-6H2. The van der Waals surface area contributed by atoms with Crippen LogP contribution in [-0.2, 0) is 12.4 Å². The molecular weight excluding hydrogens is 147 g/mol. The summed E-state index contributed by atoms with van der Waals surface area (Å²) in [6, 6.07) is 7.35. The van der Waals surface area contributed by atoms with Crippen LogP contribution in [0.4, 0.5) is 4.39 Å². The van der Waals surface area contributed by atoms with Gasteiger partial charge in [-0.3, -0.25) is 0 Å². The Labute approximate surface area is 65.5 Å². The second-order valence-corrected chi connectivity index (χ2v) is 2.42. The van der Waals surface area contributed by atoms with Crippen LogP contribution in [0.2, 0.25) is 0 Å². The van der Waals surface area contributed by atoms with Crippen molar-refractivity contribution in [3.05, 3.63) is 35.4 Å². The summed E-state index contributed by atoms with van der Waals surface area (Å²) in [6.07, 6.45) is 0. The highest BCUT2D eigenvalue weighted by Crippen LogP contribution is 2.06. The highest BCUT2D eigenvalue weighted by molar-refractivity contribution is 7.79. The zero-order valence-corrected chi connectivity index (χ0v) is 6.44. The zero-order chi connectivity index (χ0) is 7.40. The first-order chi connectivity index (χ1) is 4.86. The second kappa shape index (κ2) is 3.62. The molecule has 0 spiro atoms. The van der Waals surface area contributed by atoms with Crippen LogP contribution < -0.4 is 0 Å². The van der Waals surface area contributed by atoms with E-state index in [9.17, 15) is 4.39 Å². The predicted octanol–water partition coefficient (Wildman–Crippen LogP) is 2.59. The van der Waals surface area contributed by atoms with E-state index in [4.69, 9.17) is 0 Å². The van der Waals surface area contributed by atoms with Gasteiger partial charge in [-0.15, -0.1) is 0 Å². The molecule has 1 rings (SSSR count). The summed E-state index contributed by atoms with van der Waals surface area (Å²) in [5.41, 5.74) is 1.85. The van der Waals surface area contributed by atoms with Gasteiger partial charge in [0.25, 0.3) is 0 Å². The summed E-state index contributed by atoms with van der Waals surface area (Å²) >= 11 is 4.08. The molecule has 0 nitrogen and oxygen atoms in total. The van der Waals surface area contributed by atoms with Gasteiger partial charge in [0.2, 0.25) is 0 Å². The van der Waals surface area contributed by atoms with E-state index < -0.39 is 0 Å². The minimum Gasteiger partial charge on any atom is -0.246 e. The van der Waals surface area contributed by atoms with Crippen molar-refractivity contribution < 1.29 is 4.39 Å². The minimum absolute atomic E-state index is 0.382. The molecule has 0 fully saturated rings. The smallest absolute Gasteiger partial charge is 0.115 e. The fraction of sp³-hybridized carbons (Fsp3) is 0.250. The molecule has 0 aromatic heterocycles. The van der Waals surface area contributed by atoms with Crippen LogP contribution in [0.3, 0.4) is 0 Å². The van der Waals surface area contributed by atoms with Crippen LogP contribution in [0.15, 0.2) is 24.3 Å². The molecular formula is C8H9FS. The Balaban J connectivity index is 2.80. The van der Waals surface area contributed by atoms with E-state index in [1.54, 1.807) is 12.1 Å². The monoisotopic (exact) mass is 156 g/mol. The van der Waals surface area contributed by atoms with Gasteiger partial charge in [0, 0.05) is 5.75 Å². The predicted molar refractivity (Wildman–Crippen MR) is 43.9 cm³/mol. The van der Waals surface area contributed by atoms with Crippen molar-refractivity contribution in [1.82, 2.24) is 0 Å². The number of thiol groups is 1. The Morgan fingerprint density at radius 3 is 2.00 bits per heavy atom.